The fourth-order valence-electron chi connectivity index (χ4n) is 4.06. The lowest BCUT2D eigenvalue weighted by Crippen LogP contribution is -2.39. The van der Waals surface area contributed by atoms with E-state index in [0.29, 0.717) is 33.5 Å². The first-order valence-electron chi connectivity index (χ1n) is 10.3. The van der Waals surface area contributed by atoms with Crippen molar-refractivity contribution in [3.05, 3.63) is 68.8 Å². The van der Waals surface area contributed by atoms with E-state index in [9.17, 15) is 9.59 Å². The van der Waals surface area contributed by atoms with Gasteiger partial charge in [-0.3, -0.25) is 14.5 Å². The van der Waals surface area contributed by atoms with Crippen molar-refractivity contribution in [3.63, 3.8) is 0 Å². The average Bonchev–Trinajstić information content (AvgIpc) is 2.79. The number of ketones is 1. The third-order valence-corrected chi connectivity index (χ3v) is 6.22. The minimum atomic E-state index is -0.364. The number of amides is 1. The van der Waals surface area contributed by atoms with Gasteiger partial charge in [-0.2, -0.15) is 4.98 Å². The molecule has 2 aromatic carbocycles. The molecule has 0 bridgehead atoms. The van der Waals surface area contributed by atoms with Gasteiger partial charge in [0.05, 0.1) is 15.7 Å². The smallest absolute Gasteiger partial charge is 0.268 e. The molecule has 3 heterocycles. The van der Waals surface area contributed by atoms with Crippen LogP contribution in [-0.2, 0) is 13.0 Å². The molecule has 168 valence electrons. The average molecular weight is 484 g/mol. The number of carbonyl (C=O) groups is 2. The minimum Gasteiger partial charge on any atom is -0.455 e. The molecule has 5 rings (SSSR count). The molecule has 1 aromatic heterocycles. The fourth-order valence-corrected chi connectivity index (χ4v) is 4.66. The van der Waals surface area contributed by atoms with Gasteiger partial charge in [0.25, 0.3) is 5.91 Å². The maximum Gasteiger partial charge on any atom is 0.268 e. The van der Waals surface area contributed by atoms with Gasteiger partial charge in [0.1, 0.15) is 5.56 Å². The van der Waals surface area contributed by atoms with E-state index in [0.717, 1.165) is 24.1 Å². The Bertz CT molecular complexity index is 1280. The van der Waals surface area contributed by atoms with E-state index in [-0.39, 0.29) is 35.8 Å². The quantitative estimate of drug-likeness (QED) is 0.531. The van der Waals surface area contributed by atoms with Crippen LogP contribution in [0.2, 0.25) is 10.0 Å². The maximum absolute atomic E-state index is 13.1. The predicted octanol–water partition coefficient (Wildman–Crippen LogP) is 4.37. The van der Waals surface area contributed by atoms with E-state index in [1.165, 1.54) is 11.1 Å². The molecule has 0 radical (unpaired) electrons. The zero-order chi connectivity index (χ0) is 23.1. The summed E-state index contributed by atoms with van der Waals surface area (Å²) < 4.78 is 5.73. The number of benzene rings is 2. The second-order valence-electron chi connectivity index (χ2n) is 7.76. The third-order valence-electron chi connectivity index (χ3n) is 5.61. The number of carbonyl (C=O) groups excluding carboxylic acids is 2. The topological polar surface area (TPSA) is 96.4 Å². The number of fused-ring (bicyclic) bond motifs is 2. The maximum atomic E-state index is 13.1. The van der Waals surface area contributed by atoms with Crippen LogP contribution in [0, 0.1) is 0 Å². The number of ether oxygens (including phenoxy) is 1. The Hall–Kier alpha value is -3.20. The first-order valence-corrected chi connectivity index (χ1v) is 11.1. The molecule has 2 N–H and O–H groups in total. The first kappa shape index (κ1) is 21.6. The molecular formula is C23H19Cl2N5O3. The summed E-state index contributed by atoms with van der Waals surface area (Å²) in [6.45, 7) is 3.00. The lowest BCUT2D eigenvalue weighted by molar-refractivity contribution is 0.0931. The van der Waals surface area contributed by atoms with Crippen LogP contribution in [0.5, 0.6) is 5.88 Å². The highest BCUT2D eigenvalue weighted by molar-refractivity contribution is 6.40. The summed E-state index contributed by atoms with van der Waals surface area (Å²) in [6.07, 6.45) is 2.21. The molecule has 1 amide bonds. The highest BCUT2D eigenvalue weighted by Gasteiger charge is 2.31. The molecule has 8 nitrogen and oxygen atoms in total. The van der Waals surface area contributed by atoms with Gasteiger partial charge in [-0.1, -0.05) is 29.3 Å². The van der Waals surface area contributed by atoms with E-state index in [2.05, 4.69) is 20.6 Å². The van der Waals surface area contributed by atoms with E-state index < -0.39 is 0 Å². The SMILES string of the molecule is CC(=O)c1cc(Nc2ncc3c(n2)OCN(c2c(Cl)cccc2Cl)C3=O)cc2c1CCNC2. The van der Waals surface area contributed by atoms with Crippen LogP contribution in [0.4, 0.5) is 17.3 Å². The van der Waals surface area contributed by atoms with Gasteiger partial charge in [0.15, 0.2) is 12.5 Å². The monoisotopic (exact) mass is 483 g/mol. The number of hydrogen-bond acceptors (Lipinski definition) is 7. The molecule has 3 aromatic rings. The van der Waals surface area contributed by atoms with Gasteiger partial charge < -0.3 is 15.4 Å². The van der Waals surface area contributed by atoms with Crippen molar-refractivity contribution in [2.75, 3.05) is 23.5 Å². The molecular weight excluding hydrogens is 465 g/mol. The van der Waals surface area contributed by atoms with Crippen molar-refractivity contribution in [1.29, 1.82) is 0 Å². The zero-order valence-corrected chi connectivity index (χ0v) is 19.1. The fraction of sp³-hybridized carbons (Fsp3) is 0.217. The van der Waals surface area contributed by atoms with Gasteiger partial charge in [0.2, 0.25) is 11.8 Å². The molecule has 33 heavy (non-hydrogen) atoms. The molecule has 2 aliphatic rings. The Kier molecular flexibility index (Phi) is 5.65. The largest absolute Gasteiger partial charge is 0.455 e. The molecule has 0 saturated heterocycles. The van der Waals surface area contributed by atoms with E-state index in [4.69, 9.17) is 27.9 Å². The summed E-state index contributed by atoms with van der Waals surface area (Å²) in [5.41, 5.74) is 4.08. The van der Waals surface area contributed by atoms with Crippen LogP contribution in [0.25, 0.3) is 0 Å². The molecule has 0 fully saturated rings. The number of Topliss-reactive ketones (excluding diaryl/α,β-unsaturated/α-hetero) is 1. The van der Waals surface area contributed by atoms with Gasteiger partial charge in [-0.25, -0.2) is 4.98 Å². The van der Waals surface area contributed by atoms with Crippen LogP contribution < -0.4 is 20.3 Å². The summed E-state index contributed by atoms with van der Waals surface area (Å²) in [6, 6.07) is 8.79. The molecule has 0 spiro atoms. The number of nitrogens with zero attached hydrogens (tertiary/aromatic N) is 3. The highest BCUT2D eigenvalue weighted by atomic mass is 35.5. The standard InChI is InChI=1S/C23H19Cl2N5O3/c1-12(31)16-8-14(7-13-9-26-6-5-15(13)16)28-23-27-10-17-21(29-23)33-11-30(22(17)32)20-18(24)3-2-4-19(20)25/h2-4,7-8,10,26H,5-6,9,11H2,1H3,(H,27,28,29). The first-order chi connectivity index (χ1) is 15.9. The summed E-state index contributed by atoms with van der Waals surface area (Å²) in [5.74, 6) is 0.0549. The van der Waals surface area contributed by atoms with Crippen LogP contribution in [-0.4, -0.2) is 34.9 Å². The molecule has 2 aliphatic heterocycles. The van der Waals surface area contributed by atoms with Gasteiger partial charge in [-0.05, 0) is 55.3 Å². The second-order valence-corrected chi connectivity index (χ2v) is 8.57. The van der Waals surface area contributed by atoms with Crippen molar-refractivity contribution in [2.24, 2.45) is 0 Å². The number of para-hydroxylation sites is 1. The summed E-state index contributed by atoms with van der Waals surface area (Å²) >= 11 is 12.5. The Morgan fingerprint density at radius 1 is 1.24 bits per heavy atom. The summed E-state index contributed by atoms with van der Waals surface area (Å²) in [4.78, 5) is 35.2. The van der Waals surface area contributed by atoms with Crippen LogP contribution in [0.15, 0.2) is 36.5 Å². The Morgan fingerprint density at radius 3 is 2.79 bits per heavy atom. The number of rotatable bonds is 4. The lowest BCUT2D eigenvalue weighted by atomic mass is 9.93. The van der Waals surface area contributed by atoms with E-state index in [1.807, 2.05) is 12.1 Å². The van der Waals surface area contributed by atoms with Crippen LogP contribution in [0.3, 0.4) is 0 Å². The lowest BCUT2D eigenvalue weighted by Gasteiger charge is -2.29. The van der Waals surface area contributed by atoms with Crippen molar-refractivity contribution in [2.45, 2.75) is 19.9 Å². The number of hydrogen-bond donors (Lipinski definition) is 2. The van der Waals surface area contributed by atoms with E-state index in [1.54, 1.807) is 25.1 Å². The van der Waals surface area contributed by atoms with Crippen molar-refractivity contribution < 1.29 is 14.3 Å². The van der Waals surface area contributed by atoms with Crippen LogP contribution in [0.1, 0.15) is 38.8 Å². The molecule has 0 atom stereocenters. The second kappa shape index (κ2) is 8.62. The molecule has 0 saturated carbocycles. The summed E-state index contributed by atoms with van der Waals surface area (Å²) in [5, 5.41) is 7.12. The number of anilines is 3. The minimum absolute atomic E-state index is 0.00964. The number of nitrogens with one attached hydrogen (secondary N) is 2. The van der Waals surface area contributed by atoms with Crippen molar-refractivity contribution >= 4 is 52.2 Å². The van der Waals surface area contributed by atoms with Gasteiger partial charge in [0, 0.05) is 24.0 Å². The zero-order valence-electron chi connectivity index (χ0n) is 17.6. The summed E-state index contributed by atoms with van der Waals surface area (Å²) in [7, 11) is 0. The third kappa shape index (κ3) is 4.01. The molecule has 0 unspecified atom stereocenters. The molecule has 0 aliphatic carbocycles. The van der Waals surface area contributed by atoms with Crippen LogP contribution >= 0.6 is 23.2 Å². The Balaban J connectivity index is 1.43. The molecule has 10 heteroatoms. The number of aromatic nitrogens is 2. The highest BCUT2D eigenvalue weighted by Crippen LogP contribution is 2.37. The van der Waals surface area contributed by atoms with E-state index >= 15 is 0 Å². The normalized spacial score (nSPS) is 14.9. The Morgan fingerprint density at radius 2 is 2.03 bits per heavy atom. The van der Waals surface area contributed by atoms with Crippen molar-refractivity contribution in [1.82, 2.24) is 15.3 Å². The predicted molar refractivity (Wildman–Crippen MR) is 126 cm³/mol. The van der Waals surface area contributed by atoms with Gasteiger partial charge >= 0.3 is 0 Å². The van der Waals surface area contributed by atoms with Gasteiger partial charge in [-0.15, -0.1) is 0 Å². The number of halogens is 2. The Labute approximate surface area is 199 Å². The van der Waals surface area contributed by atoms with Crippen molar-refractivity contribution in [3.8, 4) is 5.88 Å².